The van der Waals surface area contributed by atoms with Gasteiger partial charge in [0, 0.05) is 73.3 Å². The van der Waals surface area contributed by atoms with Gasteiger partial charge in [-0.1, -0.05) is 0 Å². The second-order valence-corrected chi connectivity index (χ2v) is 29.8. The van der Waals surface area contributed by atoms with Gasteiger partial charge in [-0.2, -0.15) is 0 Å². The molecule has 10 atom stereocenters. The summed E-state index contributed by atoms with van der Waals surface area (Å²) in [5.74, 6) is -74.3. The molecule has 0 amide bonds. The number of fused-ring (bicyclic) bond motifs is 16. The lowest BCUT2D eigenvalue weighted by molar-refractivity contribution is -0.282. The molecule has 0 unspecified atom stereocenters. The Bertz CT molecular complexity index is 7140. The van der Waals surface area contributed by atoms with Crippen LogP contribution >= 0.6 is 0 Å². The first-order valence-electron chi connectivity index (χ1n) is 37.3. The van der Waals surface area contributed by atoms with Crippen LogP contribution < -0.4 is 4.74 Å². The molecule has 0 spiro atoms. The third-order valence-electron chi connectivity index (χ3n) is 22.4. The van der Waals surface area contributed by atoms with Gasteiger partial charge in [-0.05, 0) is 36.4 Å². The maximum atomic E-state index is 16.1. The summed E-state index contributed by atoms with van der Waals surface area (Å²) in [6, 6.07) is 1.42. The molecule has 52 nitrogen and oxygen atoms in total. The topological polar surface area (TPSA) is 888 Å². The molecule has 0 aromatic heterocycles. The highest BCUT2D eigenvalue weighted by Gasteiger charge is 2.59. The first-order chi connectivity index (χ1) is 63.1. The summed E-state index contributed by atoms with van der Waals surface area (Å²) in [5, 5.41) is 343. The number of rotatable bonds is 4. The number of esters is 10. The van der Waals surface area contributed by atoms with Gasteiger partial charge < -0.3 is 210 Å². The lowest BCUT2D eigenvalue weighted by Crippen LogP contribution is -2.63. The van der Waals surface area contributed by atoms with E-state index in [1.54, 1.807) is 0 Å². The van der Waals surface area contributed by atoms with Crippen molar-refractivity contribution >= 4 is 59.7 Å². The average molecular weight is 1870 g/mol. The molecule has 1 fully saturated rings. The Balaban J connectivity index is 0.840. The molecule has 0 aliphatic carbocycles. The van der Waals surface area contributed by atoms with E-state index in [2.05, 4.69) is 0 Å². The zero-order valence-electron chi connectivity index (χ0n) is 65.2. The van der Waals surface area contributed by atoms with E-state index in [-0.39, 0.29) is 42.5 Å². The predicted octanol–water partition coefficient (Wildman–Crippen LogP) is 3.37. The molecular formula is C82H52O52. The fraction of sp³-hybridized carbons (Fsp3) is 0.146. The monoisotopic (exact) mass is 1870 g/mol. The van der Waals surface area contributed by atoms with E-state index >= 15 is 33.6 Å². The standard InChI is InChI=1S/C82H52O52/c83-19-1-11-29(50(98)42(19)90)31-13(3-21(85)44(92)52(31)100)75(116)129-67-28(10-124-73(11)114)127-82(71-70(67)131-76(117)14-4-22(86)45(93)53(101)32(14)33-15(77(118)133-71)5-23(87)46(94)54(33)102)134-79(120)18-7-25(89)48(96)64(112)65(18)125-26-8-17-34(56(104)49(26)97)30-12(2-20(84)43(91)51(30)99)72(113)123-9-27-66(128-78(17)119)69-68-61(109)41-40(81(122)130-68)38(59(107)63(111)60(41)108)37-39(80(121)132-69)36(57(105)62(110)58(37)106)35-16(74(115)126-27)6-24(88)47(95)55(35)103/h1-8,27-28,61,66-71,82-112H,9-10H2/t27-,28+,61+,66-,67+,68-,69+,70-,71+,82-/m0/s1. The molecule has 0 radical (unpaired) electrons. The van der Waals surface area contributed by atoms with Gasteiger partial charge in [0.25, 0.3) is 0 Å². The van der Waals surface area contributed by atoms with Crippen molar-refractivity contribution in [2.75, 3.05) is 13.2 Å². The summed E-state index contributed by atoms with van der Waals surface area (Å²) < 4.78 is 68.9. The summed E-state index contributed by atoms with van der Waals surface area (Å²) in [6.07, 6.45) is -30.0. The number of aliphatic hydroxyl groups is 1. The van der Waals surface area contributed by atoms with Gasteiger partial charge in [0.2, 0.25) is 75.6 Å². The number of hydrogen-bond donors (Lipinski definition) is 30. The molecule has 1 saturated heterocycles. The van der Waals surface area contributed by atoms with E-state index in [9.17, 15) is 168 Å². The molecule has 10 aromatic rings. The minimum Gasteiger partial charge on any atom is -0.504 e. The molecule has 8 aliphatic rings. The predicted molar refractivity (Wildman–Crippen MR) is 412 cm³/mol. The van der Waals surface area contributed by atoms with Gasteiger partial charge in [0.15, 0.2) is 152 Å². The van der Waals surface area contributed by atoms with Gasteiger partial charge in [-0.15, -0.1) is 0 Å². The number of aliphatic hydroxyl groups excluding tert-OH is 1. The summed E-state index contributed by atoms with van der Waals surface area (Å²) in [6.45, 7) is -3.45. The van der Waals surface area contributed by atoms with Crippen LogP contribution in [0.5, 0.6) is 178 Å². The van der Waals surface area contributed by atoms with Gasteiger partial charge in [0.1, 0.15) is 31.0 Å². The molecule has 8 aliphatic heterocycles. The van der Waals surface area contributed by atoms with Crippen LogP contribution in [0.3, 0.4) is 0 Å². The number of carbonyl (C=O) groups is 10. The number of cyclic esters (lactones) is 2. The lowest BCUT2D eigenvalue weighted by Gasteiger charge is -2.44. The van der Waals surface area contributed by atoms with E-state index < -0.39 is 429 Å². The van der Waals surface area contributed by atoms with Gasteiger partial charge in [0.05, 0.1) is 50.1 Å². The Labute approximate surface area is 733 Å². The van der Waals surface area contributed by atoms with Crippen LogP contribution in [0.25, 0.3) is 55.6 Å². The normalized spacial score (nSPS) is 20.4. The van der Waals surface area contributed by atoms with Crippen molar-refractivity contribution in [2.45, 2.75) is 61.2 Å². The average Bonchev–Trinajstić information content (AvgIpc) is 0.749. The van der Waals surface area contributed by atoms with Crippen molar-refractivity contribution < 1.29 is 258 Å². The molecule has 692 valence electrons. The zero-order chi connectivity index (χ0) is 97.1. The van der Waals surface area contributed by atoms with Crippen molar-refractivity contribution in [2.24, 2.45) is 0 Å². The maximum absolute atomic E-state index is 16.1. The first kappa shape index (κ1) is 86.9. The van der Waals surface area contributed by atoms with Crippen LogP contribution in [-0.4, -0.2) is 281 Å². The number of phenolic OH excluding ortho intramolecular Hbond substituents is 29. The number of ether oxygens (including phenoxy) is 12. The van der Waals surface area contributed by atoms with Crippen molar-refractivity contribution in [3.63, 3.8) is 0 Å². The van der Waals surface area contributed by atoms with Crippen LogP contribution in [-0.2, 0) is 52.1 Å². The zero-order valence-corrected chi connectivity index (χ0v) is 65.2. The summed E-state index contributed by atoms with van der Waals surface area (Å²) in [5.41, 5.74) is -30.5. The molecule has 18 rings (SSSR count). The summed E-state index contributed by atoms with van der Waals surface area (Å²) in [4.78, 5) is 153. The second-order valence-electron chi connectivity index (χ2n) is 29.8. The van der Waals surface area contributed by atoms with Gasteiger partial charge in [-0.3, -0.25) is 0 Å². The van der Waals surface area contributed by atoms with E-state index in [0.29, 0.717) is 6.07 Å². The highest BCUT2D eigenvalue weighted by molar-refractivity contribution is 6.18. The number of carbonyl (C=O) groups excluding carboxylic acids is 10. The lowest BCUT2D eigenvalue weighted by atomic mass is 9.80. The Morgan fingerprint density at radius 1 is 0.254 bits per heavy atom. The highest BCUT2D eigenvalue weighted by atomic mass is 16.8. The first-order valence-corrected chi connectivity index (χ1v) is 37.3. The number of benzene rings is 10. The Morgan fingerprint density at radius 3 is 0.963 bits per heavy atom. The third-order valence-corrected chi connectivity index (χ3v) is 22.4. The molecule has 0 saturated carbocycles. The van der Waals surface area contributed by atoms with E-state index in [4.69, 9.17) is 56.8 Å². The quantitative estimate of drug-likeness (QED) is 0.0682. The second kappa shape index (κ2) is 30.3. The molecule has 10 aromatic carbocycles. The van der Waals surface area contributed by atoms with Crippen molar-refractivity contribution in [3.8, 4) is 234 Å². The number of hydrogen-bond acceptors (Lipinski definition) is 52. The van der Waals surface area contributed by atoms with E-state index in [1.807, 2.05) is 0 Å². The number of phenols is 29. The number of aromatic hydroxyl groups is 29. The molecule has 8 heterocycles. The SMILES string of the molecule is O=C(O[C@@H]1O[C@@H]2COC(=O)c3cc(O)c(O)c(O)c3-c3c(cc(O)c(O)c3O)C(=O)O[C@H]2[C@@H]2OC(=O)c3cc(O)c(O)c(O)c3-c3c(cc(O)c(O)c3O)C(=O)O[C@@H]12)c1cc(O)c(O)c(O)c1Oc1cc2c(c(O)c1O)-c1c(cc(O)c(O)c1O)C(=O)OC[C@@H]1OC(=O)c3cc(O)c(O)c(O)c3-c3c(O)c(O)c(O)c4c3C(=O)O[C@H]([C@H]1OC2=O)[C@H]1OC(=O)c2c-4c(O)c(O)c(O)c2[C@H]1O. The van der Waals surface area contributed by atoms with Crippen LogP contribution in [0.2, 0.25) is 0 Å². The van der Waals surface area contributed by atoms with Gasteiger partial charge >= 0.3 is 59.7 Å². The minimum absolute atomic E-state index is 0.0233. The molecule has 134 heavy (non-hydrogen) atoms. The molecule has 30 N–H and O–H groups in total. The van der Waals surface area contributed by atoms with Crippen molar-refractivity contribution in [1.29, 1.82) is 0 Å². The fourth-order valence-corrected chi connectivity index (χ4v) is 16.2. The fourth-order valence-electron chi connectivity index (χ4n) is 16.2. The maximum Gasteiger partial charge on any atom is 0.344 e. The van der Waals surface area contributed by atoms with Crippen LogP contribution in [0, 0.1) is 0 Å². The molecule has 52 heteroatoms. The van der Waals surface area contributed by atoms with Crippen LogP contribution in [0.4, 0.5) is 0 Å². The smallest absolute Gasteiger partial charge is 0.344 e. The van der Waals surface area contributed by atoms with Gasteiger partial charge in [-0.25, -0.2) is 47.9 Å². The summed E-state index contributed by atoms with van der Waals surface area (Å²) in [7, 11) is 0. The third kappa shape index (κ3) is 12.6. The van der Waals surface area contributed by atoms with Crippen molar-refractivity contribution in [1.82, 2.24) is 0 Å². The summed E-state index contributed by atoms with van der Waals surface area (Å²) >= 11 is 0. The Morgan fingerprint density at radius 2 is 0.537 bits per heavy atom. The molecule has 6 bridgehead atoms. The highest BCUT2D eigenvalue weighted by Crippen LogP contribution is 2.65. The Kier molecular flexibility index (Phi) is 19.6. The van der Waals surface area contributed by atoms with E-state index in [0.717, 1.165) is 0 Å². The Hall–Kier alpha value is -19.2. The van der Waals surface area contributed by atoms with Crippen LogP contribution in [0.1, 0.15) is 115 Å². The van der Waals surface area contributed by atoms with E-state index in [1.165, 1.54) is 0 Å². The molecular weight excluding hydrogens is 1820 g/mol. The van der Waals surface area contributed by atoms with Crippen molar-refractivity contribution in [3.05, 3.63) is 110 Å². The minimum atomic E-state index is -3.23. The largest absolute Gasteiger partial charge is 0.504 e. The van der Waals surface area contributed by atoms with Crippen LogP contribution in [0.15, 0.2) is 48.5 Å².